The average molecular weight is 177 g/mol. The summed E-state index contributed by atoms with van der Waals surface area (Å²) in [4.78, 5) is 19.9. The van der Waals surface area contributed by atoms with E-state index in [0.29, 0.717) is 4.90 Å². The Morgan fingerprint density at radius 1 is 1.27 bits per heavy atom. The molecule has 0 N–H and O–H groups in total. The fourth-order valence-corrected chi connectivity index (χ4v) is 0.258. The number of amides is 1. The third kappa shape index (κ3) is 10.7. The average Bonchev–Trinajstić information content (AvgIpc) is 1.63. The second kappa shape index (κ2) is 8.83. The summed E-state index contributed by atoms with van der Waals surface area (Å²) in [5, 5.41) is 19.4. The van der Waals surface area contributed by atoms with E-state index in [1.165, 1.54) is 0 Å². The van der Waals surface area contributed by atoms with E-state index in [0.717, 1.165) is 7.05 Å². The van der Waals surface area contributed by atoms with Crippen LogP contribution in [0.3, 0.4) is 0 Å². The van der Waals surface area contributed by atoms with Gasteiger partial charge in [-0.25, -0.2) is 0 Å². The van der Waals surface area contributed by atoms with E-state index in [1.807, 2.05) is 0 Å². The van der Waals surface area contributed by atoms with Gasteiger partial charge in [0.2, 0.25) is 0 Å². The molecule has 0 heterocycles. The summed E-state index contributed by atoms with van der Waals surface area (Å²) in [5.41, 5.74) is 0. The molecule has 0 bridgehead atoms. The van der Waals surface area contributed by atoms with E-state index in [4.69, 9.17) is 0 Å². The molecule has 0 aliphatic rings. The Morgan fingerprint density at radius 3 is 1.73 bits per heavy atom. The quantitative estimate of drug-likeness (QED) is 0.392. The first kappa shape index (κ1) is 17.7. The van der Waals surface area contributed by atoms with Gasteiger partial charge in [-0.05, 0) is 0 Å². The fourth-order valence-electron chi connectivity index (χ4n) is 0.258. The number of hydrogen-bond acceptors (Lipinski definition) is 4. The van der Waals surface area contributed by atoms with Crippen LogP contribution in [0.1, 0.15) is 0 Å². The van der Waals surface area contributed by atoms with Gasteiger partial charge < -0.3 is 24.7 Å². The molecule has 0 fully saturated rings. The molecule has 0 aromatic heterocycles. The van der Waals surface area contributed by atoms with E-state index in [9.17, 15) is 19.8 Å². The molecule has 0 aliphatic carbocycles. The van der Waals surface area contributed by atoms with Crippen molar-refractivity contribution in [1.82, 2.24) is 4.90 Å². The molecular weight excluding hydrogens is 172 g/mol. The van der Waals surface area contributed by atoms with Crippen molar-refractivity contribution in [1.29, 1.82) is 0 Å². The van der Waals surface area contributed by atoms with Crippen LogP contribution in [0.4, 0.5) is 4.79 Å². The summed E-state index contributed by atoms with van der Waals surface area (Å²) in [5.74, 6) is -1.44. The van der Waals surface area contributed by atoms with Gasteiger partial charge in [-0.2, -0.15) is 0 Å². The Hall–Kier alpha value is 0.740. The molecule has 0 aliphatic heterocycles. The number of rotatable bonds is 2. The van der Waals surface area contributed by atoms with Crippen molar-refractivity contribution >= 4 is 12.1 Å². The van der Waals surface area contributed by atoms with Crippen LogP contribution in [0.5, 0.6) is 0 Å². The van der Waals surface area contributed by atoms with Gasteiger partial charge in [0.1, 0.15) is 6.09 Å². The predicted octanol–water partition coefficient (Wildman–Crippen LogP) is -8.98. The van der Waals surface area contributed by atoms with E-state index < -0.39 is 18.6 Å². The number of carboxylic acids is 1. The summed E-state index contributed by atoms with van der Waals surface area (Å²) in [6.45, 7) is -0.650. The van der Waals surface area contributed by atoms with Crippen molar-refractivity contribution in [2.75, 3.05) is 13.6 Å². The van der Waals surface area contributed by atoms with Crippen LogP contribution in [0, 0.1) is 0 Å². The summed E-state index contributed by atoms with van der Waals surface area (Å²) < 4.78 is 0. The summed E-state index contributed by atoms with van der Waals surface area (Å²) in [6.07, 6.45) is -1.53. The van der Waals surface area contributed by atoms with Crippen molar-refractivity contribution in [2.24, 2.45) is 0 Å². The van der Waals surface area contributed by atoms with Crippen LogP contribution in [-0.4, -0.2) is 30.6 Å². The number of carboxylic acid groups (broad SMARTS) is 2. The number of carbonyl (C=O) groups excluding carboxylic acids is 2. The molecule has 52 valence electrons. The molecule has 0 aromatic rings. The monoisotopic (exact) mass is 177 g/mol. The smallest absolute Gasteiger partial charge is 0.548 e. The molecule has 0 spiro atoms. The predicted molar refractivity (Wildman–Crippen MR) is 23.0 cm³/mol. The van der Waals surface area contributed by atoms with Crippen LogP contribution in [-0.2, 0) is 4.79 Å². The number of likely N-dealkylation sites (N-methyl/N-ethyl adjacent to an activating group) is 1. The zero-order valence-electron chi connectivity index (χ0n) is 6.79. The molecule has 1 amide bonds. The minimum atomic E-state index is -1.53. The van der Waals surface area contributed by atoms with E-state index >= 15 is 0 Å². The van der Waals surface area contributed by atoms with Gasteiger partial charge in [0.25, 0.3) is 0 Å². The number of nitrogens with zero attached hydrogens (tertiary/aromatic N) is 1. The van der Waals surface area contributed by atoms with E-state index in [2.05, 4.69) is 0 Å². The van der Waals surface area contributed by atoms with Crippen LogP contribution in [0.2, 0.25) is 0 Å². The van der Waals surface area contributed by atoms with Gasteiger partial charge >= 0.3 is 59.1 Å². The molecule has 0 radical (unpaired) electrons. The third-order valence-electron chi connectivity index (χ3n) is 0.678. The number of aliphatic carboxylic acids is 1. The number of carbonyl (C=O) groups is 2. The maximum absolute atomic E-state index is 9.76. The van der Waals surface area contributed by atoms with Gasteiger partial charge in [0, 0.05) is 7.05 Å². The van der Waals surface area contributed by atoms with Crippen molar-refractivity contribution in [3.05, 3.63) is 0 Å². The first-order valence-corrected chi connectivity index (χ1v) is 2.16. The molecule has 0 rings (SSSR count). The summed E-state index contributed by atoms with van der Waals surface area (Å²) in [7, 11) is 1.09. The van der Waals surface area contributed by atoms with Crippen molar-refractivity contribution in [2.45, 2.75) is 0 Å². The standard InChI is InChI=1S/C4H7NO4.2Na/c1-5(4(8)9)2-3(6)7;;/h2H2,1H3,(H,6,7)(H,8,9);;/q;2*+1/p-2. The van der Waals surface area contributed by atoms with Crippen LogP contribution in [0.25, 0.3) is 0 Å². The second-order valence-electron chi connectivity index (χ2n) is 1.49. The second-order valence-corrected chi connectivity index (χ2v) is 1.49. The third-order valence-corrected chi connectivity index (χ3v) is 0.678. The van der Waals surface area contributed by atoms with Gasteiger partial charge in [-0.3, -0.25) is 0 Å². The zero-order valence-corrected chi connectivity index (χ0v) is 10.8. The largest absolute Gasteiger partial charge is 1.00 e. The molecule has 0 saturated carbocycles. The first-order chi connectivity index (χ1) is 4.04. The Bertz CT molecular complexity index is 140. The molecule has 0 saturated heterocycles. The summed E-state index contributed by atoms with van der Waals surface area (Å²) >= 11 is 0. The fraction of sp³-hybridized carbons (Fsp3) is 0.500. The van der Waals surface area contributed by atoms with E-state index in [1.54, 1.807) is 0 Å². The van der Waals surface area contributed by atoms with Crippen molar-refractivity contribution in [3.63, 3.8) is 0 Å². The SMILES string of the molecule is CN(CC(=O)[O-])C(=O)[O-].[Na+].[Na+]. The van der Waals surface area contributed by atoms with Crippen molar-refractivity contribution in [3.8, 4) is 0 Å². The van der Waals surface area contributed by atoms with E-state index in [-0.39, 0.29) is 59.1 Å². The van der Waals surface area contributed by atoms with Crippen LogP contribution < -0.4 is 69.3 Å². The topological polar surface area (TPSA) is 83.5 Å². The van der Waals surface area contributed by atoms with Gasteiger partial charge in [-0.1, -0.05) is 0 Å². The van der Waals surface area contributed by atoms with Crippen molar-refractivity contribution < 1.29 is 78.9 Å². The van der Waals surface area contributed by atoms with Crippen LogP contribution in [0.15, 0.2) is 0 Å². The Labute approximate surface area is 108 Å². The Balaban J connectivity index is -0.000000320. The molecule has 0 atom stereocenters. The summed E-state index contributed by atoms with van der Waals surface area (Å²) in [6, 6.07) is 0. The Kier molecular flexibility index (Phi) is 14.2. The number of hydrogen-bond donors (Lipinski definition) is 0. The molecule has 11 heavy (non-hydrogen) atoms. The minimum Gasteiger partial charge on any atom is -0.548 e. The Morgan fingerprint density at radius 2 is 1.64 bits per heavy atom. The van der Waals surface area contributed by atoms with Gasteiger partial charge in [0.15, 0.2) is 0 Å². The zero-order chi connectivity index (χ0) is 7.44. The minimum absolute atomic E-state index is 0. The maximum atomic E-state index is 9.76. The first-order valence-electron chi connectivity index (χ1n) is 2.16. The molecule has 7 heteroatoms. The maximum Gasteiger partial charge on any atom is 1.00 e. The van der Waals surface area contributed by atoms with Crippen LogP contribution >= 0.6 is 0 Å². The molecule has 5 nitrogen and oxygen atoms in total. The van der Waals surface area contributed by atoms with Gasteiger partial charge in [-0.15, -0.1) is 0 Å². The molecule has 0 aromatic carbocycles. The normalized spacial score (nSPS) is 7.00. The van der Waals surface area contributed by atoms with Gasteiger partial charge in [0.05, 0.1) is 12.5 Å². The molecular formula is C4H5NNa2O4. The molecule has 0 unspecified atom stereocenters.